The molecule has 0 radical (unpaired) electrons. The fraction of sp³-hybridized carbons (Fsp3) is 0.176. The molecule has 0 saturated carbocycles. The maximum Gasteiger partial charge on any atom is 0.268 e. The predicted octanol–water partition coefficient (Wildman–Crippen LogP) is 3.75. The fourth-order valence-electron chi connectivity index (χ4n) is 2.46. The second kappa shape index (κ2) is 6.71. The van der Waals surface area contributed by atoms with E-state index < -0.39 is 6.10 Å². The second-order valence-electron chi connectivity index (χ2n) is 5.32. The summed E-state index contributed by atoms with van der Waals surface area (Å²) in [5, 5.41) is 3.55. The van der Waals surface area contributed by atoms with Gasteiger partial charge in [0, 0.05) is 11.1 Å². The Morgan fingerprint density at radius 2 is 2.00 bits per heavy atom. The summed E-state index contributed by atoms with van der Waals surface area (Å²) in [6, 6.07) is 11.9. The summed E-state index contributed by atoms with van der Waals surface area (Å²) in [6.07, 6.45) is -0.833. The number of carbonyl (C=O) groups is 2. The maximum absolute atomic E-state index is 12.8. The highest BCUT2D eigenvalue weighted by Gasteiger charge is 2.30. The zero-order chi connectivity index (χ0) is 17.3. The molecule has 0 spiro atoms. The number of nitrogens with zero attached hydrogens (tertiary/aromatic N) is 1. The van der Waals surface area contributed by atoms with E-state index in [0.29, 0.717) is 27.2 Å². The minimum absolute atomic E-state index is 0.0627. The van der Waals surface area contributed by atoms with Crippen molar-refractivity contribution in [3.63, 3.8) is 0 Å². The number of nitrogens with one attached hydrogen (secondary N) is 1. The standard InChI is InChI=1S/C17H14Cl2N2O3/c1-10(24-15-8-11(18)6-7-12(15)19)17(23)21-9-16(22)20-13-4-2-3-5-14(13)21/h2-8,10H,9H2,1H3,(H,20,22)/t10-/m0/s1. The van der Waals surface area contributed by atoms with Gasteiger partial charge in [-0.15, -0.1) is 0 Å². The Bertz CT molecular complexity index is 810. The van der Waals surface area contributed by atoms with Crippen LogP contribution < -0.4 is 15.0 Å². The molecule has 2 amide bonds. The van der Waals surface area contributed by atoms with Gasteiger partial charge in [0.15, 0.2) is 6.10 Å². The van der Waals surface area contributed by atoms with Crippen LogP contribution in [0.1, 0.15) is 6.92 Å². The van der Waals surface area contributed by atoms with E-state index in [1.54, 1.807) is 49.4 Å². The lowest BCUT2D eigenvalue weighted by molar-refractivity contribution is -0.126. The molecule has 1 aliphatic rings. The average Bonchev–Trinajstić information content (AvgIpc) is 2.56. The lowest BCUT2D eigenvalue weighted by Crippen LogP contribution is -2.47. The van der Waals surface area contributed by atoms with Gasteiger partial charge in [-0.3, -0.25) is 14.5 Å². The van der Waals surface area contributed by atoms with Crippen LogP contribution in [0.4, 0.5) is 11.4 Å². The molecule has 1 atom stereocenters. The van der Waals surface area contributed by atoms with Crippen molar-refractivity contribution >= 4 is 46.4 Å². The summed E-state index contributed by atoms with van der Waals surface area (Å²) in [6.45, 7) is 1.54. The first-order valence-electron chi connectivity index (χ1n) is 7.27. The number of ether oxygens (including phenoxy) is 1. The van der Waals surface area contributed by atoms with Crippen LogP contribution in [0.2, 0.25) is 10.0 Å². The molecule has 124 valence electrons. The van der Waals surface area contributed by atoms with E-state index in [0.717, 1.165) is 0 Å². The Morgan fingerprint density at radius 1 is 1.25 bits per heavy atom. The van der Waals surface area contributed by atoms with Crippen LogP contribution in [0.15, 0.2) is 42.5 Å². The first-order valence-corrected chi connectivity index (χ1v) is 8.03. The van der Waals surface area contributed by atoms with E-state index in [-0.39, 0.29) is 18.4 Å². The Balaban J connectivity index is 1.83. The minimum Gasteiger partial charge on any atom is -0.479 e. The second-order valence-corrected chi connectivity index (χ2v) is 6.17. The average molecular weight is 365 g/mol. The highest BCUT2D eigenvalue weighted by molar-refractivity contribution is 6.34. The zero-order valence-electron chi connectivity index (χ0n) is 12.8. The molecule has 1 N–H and O–H groups in total. The number of hydrogen-bond acceptors (Lipinski definition) is 3. The van der Waals surface area contributed by atoms with Crippen LogP contribution >= 0.6 is 23.2 Å². The van der Waals surface area contributed by atoms with Gasteiger partial charge in [-0.1, -0.05) is 35.3 Å². The number of hydrogen-bond donors (Lipinski definition) is 1. The quantitative estimate of drug-likeness (QED) is 0.902. The van der Waals surface area contributed by atoms with Crippen molar-refractivity contribution in [1.82, 2.24) is 0 Å². The molecule has 24 heavy (non-hydrogen) atoms. The Kier molecular flexibility index (Phi) is 4.64. The molecule has 1 heterocycles. The first-order chi connectivity index (χ1) is 11.5. The molecule has 5 nitrogen and oxygen atoms in total. The summed E-state index contributed by atoms with van der Waals surface area (Å²) in [5.74, 6) is -0.275. The van der Waals surface area contributed by atoms with Gasteiger partial charge in [0.05, 0.1) is 16.4 Å². The summed E-state index contributed by atoms with van der Waals surface area (Å²) in [4.78, 5) is 26.0. The molecule has 2 aromatic rings. The molecule has 0 fully saturated rings. The summed E-state index contributed by atoms with van der Waals surface area (Å²) >= 11 is 12.0. The molecular weight excluding hydrogens is 351 g/mol. The van der Waals surface area contributed by atoms with E-state index in [9.17, 15) is 9.59 Å². The number of benzene rings is 2. The predicted molar refractivity (Wildman–Crippen MR) is 94.0 cm³/mol. The highest BCUT2D eigenvalue weighted by atomic mass is 35.5. The first kappa shape index (κ1) is 16.6. The van der Waals surface area contributed by atoms with Crippen molar-refractivity contribution in [2.45, 2.75) is 13.0 Å². The highest BCUT2D eigenvalue weighted by Crippen LogP contribution is 2.31. The number of para-hydroxylation sites is 2. The Hall–Kier alpha value is -2.24. The molecule has 1 aliphatic heterocycles. The Morgan fingerprint density at radius 3 is 2.79 bits per heavy atom. The molecule has 0 saturated heterocycles. The zero-order valence-corrected chi connectivity index (χ0v) is 14.3. The van der Waals surface area contributed by atoms with Crippen LogP contribution in [-0.4, -0.2) is 24.5 Å². The number of fused-ring (bicyclic) bond motifs is 1. The van der Waals surface area contributed by atoms with Gasteiger partial charge in [0.2, 0.25) is 5.91 Å². The van der Waals surface area contributed by atoms with E-state index in [1.807, 2.05) is 0 Å². The third-order valence-corrected chi connectivity index (χ3v) is 4.13. The van der Waals surface area contributed by atoms with Crippen LogP contribution in [-0.2, 0) is 9.59 Å². The molecule has 7 heteroatoms. The van der Waals surface area contributed by atoms with Crippen molar-refractivity contribution in [3.05, 3.63) is 52.5 Å². The van der Waals surface area contributed by atoms with E-state index in [2.05, 4.69) is 5.32 Å². The fourth-order valence-corrected chi connectivity index (χ4v) is 2.78. The maximum atomic E-state index is 12.8. The number of rotatable bonds is 3. The largest absolute Gasteiger partial charge is 0.479 e. The van der Waals surface area contributed by atoms with Crippen LogP contribution in [0.25, 0.3) is 0 Å². The van der Waals surface area contributed by atoms with Crippen molar-refractivity contribution < 1.29 is 14.3 Å². The number of carbonyl (C=O) groups excluding carboxylic acids is 2. The van der Waals surface area contributed by atoms with Crippen molar-refractivity contribution in [2.75, 3.05) is 16.8 Å². The van der Waals surface area contributed by atoms with Gasteiger partial charge in [0.25, 0.3) is 5.91 Å². The SMILES string of the molecule is C[C@H](Oc1cc(Cl)ccc1Cl)C(=O)N1CC(=O)Nc2ccccc21. The normalized spacial score (nSPS) is 14.6. The number of anilines is 2. The molecular formula is C17H14Cl2N2O3. The van der Waals surface area contributed by atoms with Gasteiger partial charge >= 0.3 is 0 Å². The monoisotopic (exact) mass is 364 g/mol. The van der Waals surface area contributed by atoms with Gasteiger partial charge in [-0.2, -0.15) is 0 Å². The van der Waals surface area contributed by atoms with Crippen LogP contribution in [0.3, 0.4) is 0 Å². The molecule has 0 bridgehead atoms. The topological polar surface area (TPSA) is 58.6 Å². The van der Waals surface area contributed by atoms with Gasteiger partial charge < -0.3 is 10.1 Å². The third kappa shape index (κ3) is 3.32. The Labute approximate surface area is 149 Å². The van der Waals surface area contributed by atoms with Gasteiger partial charge in [-0.05, 0) is 31.2 Å². The van der Waals surface area contributed by atoms with Gasteiger partial charge in [0.1, 0.15) is 12.3 Å². The third-order valence-electron chi connectivity index (χ3n) is 3.58. The molecule has 0 aliphatic carbocycles. The number of amides is 2. The minimum atomic E-state index is -0.833. The number of halogens is 2. The van der Waals surface area contributed by atoms with E-state index >= 15 is 0 Å². The molecule has 0 aromatic heterocycles. The van der Waals surface area contributed by atoms with Crippen molar-refractivity contribution in [3.8, 4) is 5.75 Å². The van der Waals surface area contributed by atoms with Crippen molar-refractivity contribution in [1.29, 1.82) is 0 Å². The van der Waals surface area contributed by atoms with Crippen LogP contribution in [0, 0.1) is 0 Å². The van der Waals surface area contributed by atoms with Crippen molar-refractivity contribution in [2.24, 2.45) is 0 Å². The molecule has 0 unspecified atom stereocenters. The molecule has 2 aromatic carbocycles. The summed E-state index contributed by atoms with van der Waals surface area (Å²) < 4.78 is 5.65. The summed E-state index contributed by atoms with van der Waals surface area (Å²) in [5.41, 5.74) is 1.23. The molecule has 3 rings (SSSR count). The van der Waals surface area contributed by atoms with E-state index in [1.165, 1.54) is 4.90 Å². The summed E-state index contributed by atoms with van der Waals surface area (Å²) in [7, 11) is 0. The van der Waals surface area contributed by atoms with Gasteiger partial charge in [-0.25, -0.2) is 0 Å². The van der Waals surface area contributed by atoms with Crippen LogP contribution in [0.5, 0.6) is 5.75 Å². The smallest absolute Gasteiger partial charge is 0.268 e. The lowest BCUT2D eigenvalue weighted by Gasteiger charge is -2.31. The lowest BCUT2D eigenvalue weighted by atomic mass is 10.1. The van der Waals surface area contributed by atoms with E-state index in [4.69, 9.17) is 27.9 Å².